The van der Waals surface area contributed by atoms with Crippen LogP contribution in [0.1, 0.15) is 5.56 Å². The quantitative estimate of drug-likeness (QED) is 0.718. The van der Waals surface area contributed by atoms with Crippen LogP contribution >= 0.6 is 0 Å². The standard InChI is InChI=1S/C10H15NO2/c1-8-2-4-10(5-3-8)13-7-9(11)6-12/h2-5,9,12H,6-7,11H2,1H3. The van der Waals surface area contributed by atoms with Crippen LogP contribution in [0.5, 0.6) is 5.75 Å². The average Bonchev–Trinajstić information content (AvgIpc) is 2.16. The first-order chi connectivity index (χ1) is 6.22. The van der Waals surface area contributed by atoms with E-state index in [1.807, 2.05) is 31.2 Å². The van der Waals surface area contributed by atoms with Gasteiger partial charge < -0.3 is 15.6 Å². The molecule has 0 aliphatic carbocycles. The Hall–Kier alpha value is -1.06. The van der Waals surface area contributed by atoms with Gasteiger partial charge in [-0.3, -0.25) is 0 Å². The minimum atomic E-state index is -0.304. The smallest absolute Gasteiger partial charge is 0.119 e. The summed E-state index contributed by atoms with van der Waals surface area (Å²) in [6.45, 7) is 2.31. The minimum absolute atomic E-state index is 0.0497. The van der Waals surface area contributed by atoms with E-state index in [9.17, 15) is 0 Å². The average molecular weight is 181 g/mol. The number of aliphatic hydroxyl groups is 1. The number of hydrogen-bond acceptors (Lipinski definition) is 3. The summed E-state index contributed by atoms with van der Waals surface area (Å²) in [5.74, 6) is 0.787. The van der Waals surface area contributed by atoms with Gasteiger partial charge in [0.15, 0.2) is 0 Å². The van der Waals surface area contributed by atoms with Gasteiger partial charge in [0.25, 0.3) is 0 Å². The molecule has 0 heterocycles. The van der Waals surface area contributed by atoms with Crippen molar-refractivity contribution in [3.05, 3.63) is 29.8 Å². The van der Waals surface area contributed by atoms with Crippen LogP contribution in [0.25, 0.3) is 0 Å². The van der Waals surface area contributed by atoms with Crippen molar-refractivity contribution in [2.45, 2.75) is 13.0 Å². The molecule has 0 aliphatic rings. The van der Waals surface area contributed by atoms with Crippen LogP contribution in [-0.2, 0) is 0 Å². The molecule has 1 aromatic rings. The second-order valence-corrected chi connectivity index (χ2v) is 3.07. The number of benzene rings is 1. The fourth-order valence-electron chi connectivity index (χ4n) is 0.890. The van der Waals surface area contributed by atoms with Gasteiger partial charge in [-0.05, 0) is 19.1 Å². The predicted molar refractivity (Wildman–Crippen MR) is 51.7 cm³/mol. The molecule has 0 radical (unpaired) electrons. The van der Waals surface area contributed by atoms with E-state index in [1.54, 1.807) is 0 Å². The second kappa shape index (κ2) is 4.84. The Kier molecular flexibility index (Phi) is 3.73. The van der Waals surface area contributed by atoms with Crippen molar-refractivity contribution in [2.24, 2.45) is 5.73 Å². The molecule has 0 spiro atoms. The molecule has 1 aromatic carbocycles. The number of ether oxygens (including phenoxy) is 1. The minimum Gasteiger partial charge on any atom is -0.492 e. The Balaban J connectivity index is 2.41. The predicted octanol–water partition coefficient (Wildman–Crippen LogP) is 0.693. The summed E-state index contributed by atoms with van der Waals surface area (Å²) in [4.78, 5) is 0. The number of aryl methyl sites for hydroxylation is 1. The fraction of sp³-hybridized carbons (Fsp3) is 0.400. The van der Waals surface area contributed by atoms with Gasteiger partial charge in [-0.15, -0.1) is 0 Å². The van der Waals surface area contributed by atoms with E-state index >= 15 is 0 Å². The molecule has 3 nitrogen and oxygen atoms in total. The van der Waals surface area contributed by atoms with E-state index in [0.29, 0.717) is 6.61 Å². The van der Waals surface area contributed by atoms with Gasteiger partial charge in [0.2, 0.25) is 0 Å². The molecule has 0 bridgehead atoms. The maximum atomic E-state index is 8.65. The van der Waals surface area contributed by atoms with Gasteiger partial charge in [-0.25, -0.2) is 0 Å². The van der Waals surface area contributed by atoms with Crippen LogP contribution < -0.4 is 10.5 Å². The molecule has 13 heavy (non-hydrogen) atoms. The summed E-state index contributed by atoms with van der Waals surface area (Å²) in [5.41, 5.74) is 6.67. The van der Waals surface area contributed by atoms with Crippen molar-refractivity contribution in [3.8, 4) is 5.75 Å². The van der Waals surface area contributed by atoms with E-state index < -0.39 is 0 Å². The molecule has 1 rings (SSSR count). The van der Waals surface area contributed by atoms with Crippen LogP contribution in [-0.4, -0.2) is 24.4 Å². The van der Waals surface area contributed by atoms with Gasteiger partial charge in [0, 0.05) is 0 Å². The molecular weight excluding hydrogens is 166 g/mol. The molecule has 0 aromatic heterocycles. The Morgan fingerprint density at radius 2 is 2.00 bits per heavy atom. The maximum absolute atomic E-state index is 8.65. The molecule has 0 saturated carbocycles. The third-order valence-electron chi connectivity index (χ3n) is 1.72. The lowest BCUT2D eigenvalue weighted by Crippen LogP contribution is -2.31. The van der Waals surface area contributed by atoms with E-state index in [-0.39, 0.29) is 12.6 Å². The highest BCUT2D eigenvalue weighted by Gasteiger charge is 2.00. The topological polar surface area (TPSA) is 55.5 Å². The van der Waals surface area contributed by atoms with Crippen molar-refractivity contribution < 1.29 is 9.84 Å². The van der Waals surface area contributed by atoms with Crippen molar-refractivity contribution in [1.82, 2.24) is 0 Å². The molecule has 3 heteroatoms. The number of nitrogens with two attached hydrogens (primary N) is 1. The highest BCUT2D eigenvalue weighted by Crippen LogP contribution is 2.11. The number of rotatable bonds is 4. The first kappa shape index (κ1) is 10.0. The fourth-order valence-corrected chi connectivity index (χ4v) is 0.890. The van der Waals surface area contributed by atoms with Crippen LogP contribution in [0.2, 0.25) is 0 Å². The Labute approximate surface area is 78.1 Å². The van der Waals surface area contributed by atoms with Crippen LogP contribution in [0.4, 0.5) is 0 Å². The van der Waals surface area contributed by atoms with Crippen molar-refractivity contribution in [2.75, 3.05) is 13.2 Å². The molecule has 72 valence electrons. The first-order valence-corrected chi connectivity index (χ1v) is 4.28. The normalized spacial score (nSPS) is 12.5. The molecule has 1 atom stereocenters. The van der Waals surface area contributed by atoms with Gasteiger partial charge in [0.1, 0.15) is 12.4 Å². The maximum Gasteiger partial charge on any atom is 0.119 e. The molecular formula is C10H15NO2. The highest BCUT2D eigenvalue weighted by atomic mass is 16.5. The van der Waals surface area contributed by atoms with Crippen molar-refractivity contribution in [3.63, 3.8) is 0 Å². The Morgan fingerprint density at radius 3 is 2.54 bits per heavy atom. The van der Waals surface area contributed by atoms with Gasteiger partial charge in [0.05, 0.1) is 12.6 Å². The van der Waals surface area contributed by atoms with Gasteiger partial charge >= 0.3 is 0 Å². The zero-order chi connectivity index (χ0) is 9.68. The molecule has 0 saturated heterocycles. The lowest BCUT2D eigenvalue weighted by atomic mass is 10.2. The third kappa shape index (κ3) is 3.44. The lowest BCUT2D eigenvalue weighted by molar-refractivity contribution is 0.206. The van der Waals surface area contributed by atoms with E-state index in [4.69, 9.17) is 15.6 Å². The van der Waals surface area contributed by atoms with E-state index in [1.165, 1.54) is 5.56 Å². The summed E-state index contributed by atoms with van der Waals surface area (Å²) in [6, 6.07) is 7.42. The summed E-state index contributed by atoms with van der Waals surface area (Å²) in [7, 11) is 0. The van der Waals surface area contributed by atoms with Crippen LogP contribution in [0, 0.1) is 6.92 Å². The van der Waals surface area contributed by atoms with Gasteiger partial charge in [-0.2, -0.15) is 0 Å². The number of hydrogen-bond donors (Lipinski definition) is 2. The Morgan fingerprint density at radius 1 is 1.38 bits per heavy atom. The zero-order valence-electron chi connectivity index (χ0n) is 7.73. The van der Waals surface area contributed by atoms with Crippen molar-refractivity contribution >= 4 is 0 Å². The summed E-state index contributed by atoms with van der Waals surface area (Å²) in [5, 5.41) is 8.65. The summed E-state index contributed by atoms with van der Waals surface area (Å²) >= 11 is 0. The monoisotopic (exact) mass is 181 g/mol. The van der Waals surface area contributed by atoms with Crippen molar-refractivity contribution in [1.29, 1.82) is 0 Å². The molecule has 0 fully saturated rings. The van der Waals surface area contributed by atoms with Crippen LogP contribution in [0.15, 0.2) is 24.3 Å². The Bertz CT molecular complexity index is 246. The molecule has 3 N–H and O–H groups in total. The van der Waals surface area contributed by atoms with Crippen LogP contribution in [0.3, 0.4) is 0 Å². The summed E-state index contributed by atoms with van der Waals surface area (Å²) in [6.07, 6.45) is 0. The summed E-state index contributed by atoms with van der Waals surface area (Å²) < 4.78 is 5.33. The van der Waals surface area contributed by atoms with Gasteiger partial charge in [-0.1, -0.05) is 17.7 Å². The second-order valence-electron chi connectivity index (χ2n) is 3.07. The SMILES string of the molecule is Cc1ccc(OCC(N)CO)cc1. The lowest BCUT2D eigenvalue weighted by Gasteiger charge is -2.10. The molecule has 1 unspecified atom stereocenters. The van der Waals surface area contributed by atoms with E-state index in [2.05, 4.69) is 0 Å². The highest BCUT2D eigenvalue weighted by molar-refractivity contribution is 5.26. The first-order valence-electron chi connectivity index (χ1n) is 4.28. The van der Waals surface area contributed by atoms with E-state index in [0.717, 1.165) is 5.75 Å². The third-order valence-corrected chi connectivity index (χ3v) is 1.72. The number of aliphatic hydroxyl groups excluding tert-OH is 1. The molecule has 0 amide bonds. The zero-order valence-corrected chi connectivity index (χ0v) is 7.73. The molecule has 0 aliphatic heterocycles. The largest absolute Gasteiger partial charge is 0.492 e.